The number of hydrogen-bond donors (Lipinski definition) is 0. The van der Waals surface area contributed by atoms with Gasteiger partial charge in [-0.15, -0.1) is 0 Å². The fourth-order valence-electron chi connectivity index (χ4n) is 1.39. The Morgan fingerprint density at radius 3 is 1.92 bits per heavy atom. The van der Waals surface area contributed by atoms with Crippen LogP contribution in [0.3, 0.4) is 0 Å². The van der Waals surface area contributed by atoms with Crippen molar-refractivity contribution < 1.29 is 70.0 Å². The summed E-state index contributed by atoms with van der Waals surface area (Å²) in [6.45, 7) is 5.39. The SMILES string of the molecule is C.C.C=[C-]N(C)c1[c-]cccc1.C[C-]=[N+](C)c1[c-]cccc1.[Y].[Y]. The molecule has 0 amide bonds. The predicted molar refractivity (Wildman–Crippen MR) is 97.8 cm³/mol. The maximum Gasteiger partial charge on any atom is 0.103 e. The summed E-state index contributed by atoms with van der Waals surface area (Å²) >= 11 is 0. The van der Waals surface area contributed by atoms with E-state index in [9.17, 15) is 0 Å². The molecule has 0 saturated heterocycles. The van der Waals surface area contributed by atoms with Crippen molar-refractivity contribution >= 4 is 17.6 Å². The van der Waals surface area contributed by atoms with E-state index in [1.807, 2.05) is 74.1 Å². The van der Waals surface area contributed by atoms with Crippen LogP contribution in [0.15, 0.2) is 55.1 Å². The number of rotatable bonds is 3. The van der Waals surface area contributed by atoms with E-state index in [2.05, 4.69) is 31.1 Å². The first-order valence-corrected chi connectivity index (χ1v) is 6.30. The quantitative estimate of drug-likeness (QED) is 0.267. The zero-order chi connectivity index (χ0) is 14.8. The van der Waals surface area contributed by atoms with E-state index in [-0.39, 0.29) is 80.3 Å². The van der Waals surface area contributed by atoms with Gasteiger partial charge in [0.15, 0.2) is 0 Å². The monoisotopic (exact) mass is 473 g/mol. The Morgan fingerprint density at radius 1 is 1.00 bits per heavy atom. The molecule has 0 bridgehead atoms. The molecule has 4 heteroatoms. The zero-order valence-corrected chi connectivity index (χ0v) is 19.1. The van der Waals surface area contributed by atoms with Gasteiger partial charge >= 0.3 is 0 Å². The van der Waals surface area contributed by atoms with Gasteiger partial charge in [0.25, 0.3) is 0 Å². The van der Waals surface area contributed by atoms with E-state index in [1.165, 1.54) is 0 Å². The van der Waals surface area contributed by atoms with Crippen LogP contribution in [0.25, 0.3) is 0 Å². The summed E-state index contributed by atoms with van der Waals surface area (Å²) in [5.74, 6) is 0. The van der Waals surface area contributed by atoms with E-state index in [0.717, 1.165) is 11.4 Å². The van der Waals surface area contributed by atoms with Crippen molar-refractivity contribution in [1.82, 2.24) is 0 Å². The molecule has 0 aliphatic carbocycles. The number of para-hydroxylation sites is 2. The zero-order valence-electron chi connectivity index (χ0n) is 13.4. The van der Waals surface area contributed by atoms with Crippen molar-refractivity contribution in [3.63, 3.8) is 0 Å². The third-order valence-electron chi connectivity index (χ3n) is 2.68. The van der Waals surface area contributed by atoms with Crippen LogP contribution in [0, 0.1) is 18.3 Å². The van der Waals surface area contributed by atoms with Crippen LogP contribution in [0.5, 0.6) is 0 Å². The Bertz CT molecular complexity index is 540. The molecule has 24 heavy (non-hydrogen) atoms. The summed E-state index contributed by atoms with van der Waals surface area (Å²) in [5, 5.41) is 0. The standard InChI is InChI=1S/C9H10N.C9H9N.2CH4.2Y/c2*1-3-10(2)9-7-5-4-6-8-9;;;;/h4-7H,1-2H3;4-7H,1H2,2H3;2*1H4;;/q-1;-2;;;;. The van der Waals surface area contributed by atoms with E-state index in [0.29, 0.717) is 0 Å². The molecule has 0 fully saturated rings. The Labute approximate surface area is 199 Å². The van der Waals surface area contributed by atoms with Gasteiger partial charge in [-0.05, 0) is 7.05 Å². The fourth-order valence-corrected chi connectivity index (χ4v) is 1.39. The van der Waals surface area contributed by atoms with E-state index < -0.39 is 0 Å². The molecule has 0 aliphatic heterocycles. The van der Waals surface area contributed by atoms with Crippen molar-refractivity contribution in [2.75, 3.05) is 19.0 Å². The van der Waals surface area contributed by atoms with Gasteiger partial charge in [-0.25, -0.2) is 17.8 Å². The molecule has 0 heterocycles. The molecule has 2 radical (unpaired) electrons. The van der Waals surface area contributed by atoms with Crippen LogP contribution in [0.1, 0.15) is 21.8 Å². The smallest absolute Gasteiger partial charge is 0.103 e. The minimum Gasteiger partial charge on any atom is -0.534 e. The third-order valence-corrected chi connectivity index (χ3v) is 2.68. The van der Waals surface area contributed by atoms with Crippen molar-refractivity contribution in [2.24, 2.45) is 0 Å². The average molecular weight is 473 g/mol. The molecule has 2 aromatic rings. The van der Waals surface area contributed by atoms with Crippen molar-refractivity contribution in [2.45, 2.75) is 21.8 Å². The second kappa shape index (κ2) is 19.2. The molecule has 0 atom stereocenters. The first kappa shape index (κ1) is 31.6. The summed E-state index contributed by atoms with van der Waals surface area (Å²) in [6, 6.07) is 21.7. The van der Waals surface area contributed by atoms with E-state index in [1.54, 1.807) is 4.90 Å². The second-order valence-electron chi connectivity index (χ2n) is 4.00. The average Bonchev–Trinajstić information content (AvgIpc) is 2.55. The summed E-state index contributed by atoms with van der Waals surface area (Å²) < 4.78 is 1.90. The van der Waals surface area contributed by atoms with Crippen LogP contribution in [0.4, 0.5) is 11.4 Å². The van der Waals surface area contributed by atoms with Gasteiger partial charge in [0, 0.05) is 71.6 Å². The molecule has 126 valence electrons. The molecule has 0 unspecified atom stereocenters. The molecule has 0 saturated carbocycles. The van der Waals surface area contributed by atoms with Gasteiger partial charge in [0.05, 0.1) is 0 Å². The van der Waals surface area contributed by atoms with Gasteiger partial charge in [-0.1, -0.05) is 27.5 Å². The molecule has 2 aromatic carbocycles. The Kier molecular flexibility index (Phi) is 25.3. The number of benzene rings is 2. The van der Waals surface area contributed by atoms with Crippen molar-refractivity contribution in [3.8, 4) is 0 Å². The van der Waals surface area contributed by atoms with Crippen LogP contribution in [0.2, 0.25) is 0 Å². The summed E-state index contributed by atoms with van der Waals surface area (Å²) in [4.78, 5) is 1.79. The predicted octanol–water partition coefficient (Wildman–Crippen LogP) is 4.87. The summed E-state index contributed by atoms with van der Waals surface area (Å²) in [5.41, 5.74) is 2.03. The molecule has 0 N–H and O–H groups in total. The summed E-state index contributed by atoms with van der Waals surface area (Å²) in [7, 11) is 3.84. The van der Waals surface area contributed by atoms with Crippen molar-refractivity contribution in [3.05, 3.63) is 73.4 Å². The Morgan fingerprint density at radius 2 is 1.54 bits per heavy atom. The second-order valence-corrected chi connectivity index (χ2v) is 4.00. The minimum atomic E-state index is 0. The molecule has 0 aliphatic rings. The molecule has 0 spiro atoms. The molecule has 0 aromatic heterocycles. The largest absolute Gasteiger partial charge is 0.534 e. The van der Waals surface area contributed by atoms with Gasteiger partial charge in [0.1, 0.15) is 7.05 Å². The van der Waals surface area contributed by atoms with Gasteiger partial charge in [-0.3, -0.25) is 6.07 Å². The van der Waals surface area contributed by atoms with Crippen LogP contribution in [-0.4, -0.2) is 24.9 Å². The van der Waals surface area contributed by atoms with E-state index >= 15 is 0 Å². The summed E-state index contributed by atoms with van der Waals surface area (Å²) in [6.07, 6.45) is 5.72. The maximum absolute atomic E-state index is 3.52. The topological polar surface area (TPSA) is 6.25 Å². The van der Waals surface area contributed by atoms with Crippen molar-refractivity contribution in [1.29, 1.82) is 0 Å². The fraction of sp³-hybridized carbons (Fsp3) is 0.250. The Balaban J connectivity index is -0.000000143. The van der Waals surface area contributed by atoms with E-state index in [4.69, 9.17) is 0 Å². The molecular formula is C20H27N2Y2-3. The van der Waals surface area contributed by atoms with Gasteiger partial charge < -0.3 is 9.48 Å². The van der Waals surface area contributed by atoms with Crippen LogP contribution >= 0.6 is 0 Å². The van der Waals surface area contributed by atoms with Crippen LogP contribution < -0.4 is 4.90 Å². The number of hydrogen-bond acceptors (Lipinski definition) is 1. The first-order valence-electron chi connectivity index (χ1n) is 6.30. The van der Waals surface area contributed by atoms with Gasteiger partial charge in [0.2, 0.25) is 0 Å². The number of nitrogens with zero attached hydrogens (tertiary/aromatic N) is 2. The maximum atomic E-state index is 3.52. The molecule has 2 nitrogen and oxygen atoms in total. The Hall–Kier alpha value is -0.142. The molecular weight excluding hydrogens is 446 g/mol. The third kappa shape index (κ3) is 12.3. The normalized spacial score (nSPS) is 8.54. The number of anilines is 1. The van der Waals surface area contributed by atoms with Gasteiger partial charge in [-0.2, -0.15) is 55.2 Å². The van der Waals surface area contributed by atoms with Crippen LogP contribution in [-0.2, 0) is 65.4 Å². The minimum absolute atomic E-state index is 0. The molecule has 2 rings (SSSR count). The first-order chi connectivity index (χ1) is 9.69.